The SMILES string of the molecule is Cc1cc(NC(=O)c2ccco2)n(-c2ccccc2C)n1. The van der Waals surface area contributed by atoms with E-state index < -0.39 is 0 Å². The lowest BCUT2D eigenvalue weighted by atomic mass is 10.2. The predicted molar refractivity (Wildman–Crippen MR) is 79.7 cm³/mol. The first-order chi connectivity index (χ1) is 10.1. The standard InChI is InChI=1S/C16H15N3O2/c1-11-6-3-4-7-13(11)19-15(10-12(2)18-19)17-16(20)14-8-5-9-21-14/h3-10H,1-2H3,(H,17,20). The summed E-state index contributed by atoms with van der Waals surface area (Å²) in [5, 5.41) is 7.27. The highest BCUT2D eigenvalue weighted by Gasteiger charge is 2.14. The Morgan fingerprint density at radius 1 is 1.19 bits per heavy atom. The van der Waals surface area contributed by atoms with Crippen LogP contribution < -0.4 is 5.32 Å². The van der Waals surface area contributed by atoms with Gasteiger partial charge in [-0.2, -0.15) is 5.10 Å². The van der Waals surface area contributed by atoms with E-state index >= 15 is 0 Å². The molecule has 0 radical (unpaired) electrons. The highest BCUT2D eigenvalue weighted by Crippen LogP contribution is 2.20. The van der Waals surface area contributed by atoms with Gasteiger partial charge in [-0.15, -0.1) is 0 Å². The first-order valence-corrected chi connectivity index (χ1v) is 6.62. The molecule has 2 heterocycles. The minimum Gasteiger partial charge on any atom is -0.459 e. The third-order valence-corrected chi connectivity index (χ3v) is 3.16. The first kappa shape index (κ1) is 13.2. The van der Waals surface area contributed by atoms with Crippen LogP contribution in [0.25, 0.3) is 5.69 Å². The molecule has 0 fully saturated rings. The van der Waals surface area contributed by atoms with Crippen LogP contribution in [0.5, 0.6) is 0 Å². The lowest BCUT2D eigenvalue weighted by molar-refractivity contribution is 0.0996. The first-order valence-electron chi connectivity index (χ1n) is 6.62. The minimum atomic E-state index is -0.297. The summed E-state index contributed by atoms with van der Waals surface area (Å²) in [4.78, 5) is 12.1. The van der Waals surface area contributed by atoms with E-state index in [0.29, 0.717) is 5.82 Å². The van der Waals surface area contributed by atoms with Crippen molar-refractivity contribution in [2.45, 2.75) is 13.8 Å². The van der Waals surface area contributed by atoms with E-state index in [0.717, 1.165) is 16.9 Å². The zero-order chi connectivity index (χ0) is 14.8. The van der Waals surface area contributed by atoms with Crippen molar-refractivity contribution in [1.82, 2.24) is 9.78 Å². The Hall–Kier alpha value is -2.82. The predicted octanol–water partition coefficient (Wildman–Crippen LogP) is 3.33. The second kappa shape index (κ2) is 5.28. The lowest BCUT2D eigenvalue weighted by Gasteiger charge is -2.10. The van der Waals surface area contributed by atoms with Gasteiger partial charge < -0.3 is 9.73 Å². The molecule has 0 bridgehead atoms. The topological polar surface area (TPSA) is 60.1 Å². The number of rotatable bonds is 3. The fraction of sp³-hybridized carbons (Fsp3) is 0.125. The van der Waals surface area contributed by atoms with E-state index in [1.54, 1.807) is 16.8 Å². The van der Waals surface area contributed by atoms with Gasteiger partial charge in [0, 0.05) is 6.07 Å². The van der Waals surface area contributed by atoms with E-state index in [-0.39, 0.29) is 11.7 Å². The molecule has 0 spiro atoms. The molecule has 0 atom stereocenters. The summed E-state index contributed by atoms with van der Waals surface area (Å²) in [5.41, 5.74) is 2.84. The van der Waals surface area contributed by atoms with E-state index in [4.69, 9.17) is 4.42 Å². The maximum Gasteiger partial charge on any atom is 0.292 e. The number of amides is 1. The molecule has 106 valence electrons. The number of nitrogens with one attached hydrogen (secondary N) is 1. The van der Waals surface area contributed by atoms with Crippen LogP contribution in [-0.2, 0) is 0 Å². The molecule has 1 aromatic carbocycles. The number of carbonyl (C=O) groups is 1. The molecular weight excluding hydrogens is 266 g/mol. The fourth-order valence-corrected chi connectivity index (χ4v) is 2.16. The van der Waals surface area contributed by atoms with Crippen LogP contribution in [0.3, 0.4) is 0 Å². The van der Waals surface area contributed by atoms with Crippen molar-refractivity contribution in [3.8, 4) is 5.69 Å². The molecule has 0 aliphatic carbocycles. The van der Waals surface area contributed by atoms with Crippen molar-refractivity contribution in [2.75, 3.05) is 5.32 Å². The Labute approximate surface area is 122 Å². The number of aryl methyl sites for hydroxylation is 2. The molecule has 2 aromatic heterocycles. The van der Waals surface area contributed by atoms with Crippen LogP contribution in [0, 0.1) is 13.8 Å². The number of benzene rings is 1. The number of carbonyl (C=O) groups excluding carboxylic acids is 1. The van der Waals surface area contributed by atoms with Gasteiger partial charge in [0.25, 0.3) is 5.91 Å². The minimum absolute atomic E-state index is 0.269. The van der Waals surface area contributed by atoms with Crippen molar-refractivity contribution in [3.05, 3.63) is 65.7 Å². The Kier molecular flexibility index (Phi) is 3.31. The Morgan fingerprint density at radius 2 is 2.00 bits per heavy atom. The molecule has 3 aromatic rings. The molecule has 1 N–H and O–H groups in total. The fourth-order valence-electron chi connectivity index (χ4n) is 2.16. The average Bonchev–Trinajstić information content (AvgIpc) is 3.09. The summed E-state index contributed by atoms with van der Waals surface area (Å²) in [7, 11) is 0. The second-order valence-electron chi connectivity index (χ2n) is 4.80. The number of para-hydroxylation sites is 1. The second-order valence-corrected chi connectivity index (χ2v) is 4.80. The van der Waals surface area contributed by atoms with Crippen molar-refractivity contribution < 1.29 is 9.21 Å². The maximum absolute atomic E-state index is 12.1. The summed E-state index contributed by atoms with van der Waals surface area (Å²) in [6.07, 6.45) is 1.47. The third-order valence-electron chi connectivity index (χ3n) is 3.16. The van der Waals surface area contributed by atoms with E-state index in [1.807, 2.05) is 44.2 Å². The monoisotopic (exact) mass is 281 g/mol. The van der Waals surface area contributed by atoms with Gasteiger partial charge >= 0.3 is 0 Å². The quantitative estimate of drug-likeness (QED) is 0.801. The number of anilines is 1. The van der Waals surface area contributed by atoms with Gasteiger partial charge in [-0.05, 0) is 37.6 Å². The molecule has 1 amide bonds. The summed E-state index contributed by atoms with van der Waals surface area (Å²) in [6, 6.07) is 13.0. The maximum atomic E-state index is 12.1. The number of hydrogen-bond donors (Lipinski definition) is 1. The number of nitrogens with zero attached hydrogens (tertiary/aromatic N) is 2. The molecule has 0 unspecified atom stereocenters. The van der Waals surface area contributed by atoms with Gasteiger partial charge in [0.1, 0.15) is 5.82 Å². The molecule has 0 aliphatic heterocycles. The molecule has 0 aliphatic rings. The van der Waals surface area contributed by atoms with Crippen LogP contribution >= 0.6 is 0 Å². The van der Waals surface area contributed by atoms with Gasteiger partial charge in [0.05, 0.1) is 17.6 Å². The van der Waals surface area contributed by atoms with Crippen molar-refractivity contribution in [2.24, 2.45) is 0 Å². The smallest absolute Gasteiger partial charge is 0.292 e. The summed E-state index contributed by atoms with van der Waals surface area (Å²) in [5.74, 6) is 0.586. The molecule has 21 heavy (non-hydrogen) atoms. The zero-order valence-corrected chi connectivity index (χ0v) is 11.8. The highest BCUT2D eigenvalue weighted by molar-refractivity contribution is 6.01. The van der Waals surface area contributed by atoms with Gasteiger partial charge in [-0.3, -0.25) is 4.79 Å². The lowest BCUT2D eigenvalue weighted by Crippen LogP contribution is -2.14. The number of aromatic nitrogens is 2. The van der Waals surface area contributed by atoms with Crippen LogP contribution in [0.2, 0.25) is 0 Å². The zero-order valence-electron chi connectivity index (χ0n) is 11.8. The Morgan fingerprint density at radius 3 is 2.71 bits per heavy atom. The highest BCUT2D eigenvalue weighted by atomic mass is 16.3. The Balaban J connectivity index is 1.97. The summed E-state index contributed by atoms with van der Waals surface area (Å²) < 4.78 is 6.83. The van der Waals surface area contributed by atoms with Crippen LogP contribution in [0.1, 0.15) is 21.8 Å². The number of hydrogen-bond acceptors (Lipinski definition) is 3. The largest absolute Gasteiger partial charge is 0.459 e. The van der Waals surface area contributed by atoms with Gasteiger partial charge in [0.15, 0.2) is 5.76 Å². The summed E-state index contributed by atoms with van der Waals surface area (Å²) >= 11 is 0. The molecule has 0 saturated carbocycles. The van der Waals surface area contributed by atoms with Crippen LogP contribution in [0.4, 0.5) is 5.82 Å². The van der Waals surface area contributed by atoms with E-state index in [9.17, 15) is 4.79 Å². The average molecular weight is 281 g/mol. The molecule has 5 heteroatoms. The van der Waals surface area contributed by atoms with Gasteiger partial charge in [-0.25, -0.2) is 4.68 Å². The number of furan rings is 1. The molecular formula is C16H15N3O2. The van der Waals surface area contributed by atoms with E-state index in [2.05, 4.69) is 10.4 Å². The van der Waals surface area contributed by atoms with Crippen LogP contribution in [0.15, 0.2) is 53.1 Å². The Bertz CT molecular complexity index is 773. The van der Waals surface area contributed by atoms with Crippen LogP contribution in [-0.4, -0.2) is 15.7 Å². The third kappa shape index (κ3) is 2.58. The normalized spacial score (nSPS) is 10.6. The molecule has 5 nitrogen and oxygen atoms in total. The van der Waals surface area contributed by atoms with E-state index in [1.165, 1.54) is 6.26 Å². The molecule has 0 saturated heterocycles. The summed E-state index contributed by atoms with van der Waals surface area (Å²) in [6.45, 7) is 3.89. The molecule has 3 rings (SSSR count). The van der Waals surface area contributed by atoms with Crippen molar-refractivity contribution in [1.29, 1.82) is 0 Å². The van der Waals surface area contributed by atoms with Gasteiger partial charge in [0.2, 0.25) is 0 Å². The van der Waals surface area contributed by atoms with Crippen molar-refractivity contribution >= 4 is 11.7 Å². The van der Waals surface area contributed by atoms with Crippen molar-refractivity contribution in [3.63, 3.8) is 0 Å². The van der Waals surface area contributed by atoms with Gasteiger partial charge in [-0.1, -0.05) is 18.2 Å².